The van der Waals surface area contributed by atoms with E-state index in [-0.39, 0.29) is 25.5 Å². The van der Waals surface area contributed by atoms with Gasteiger partial charge in [-0.05, 0) is 35.7 Å². The second-order valence-electron chi connectivity index (χ2n) is 5.85. The monoisotopic (exact) mass is 398 g/mol. The summed E-state index contributed by atoms with van der Waals surface area (Å²) in [6.45, 7) is -0.0201. The molecule has 0 aliphatic rings. The van der Waals surface area contributed by atoms with E-state index in [1.807, 2.05) is 0 Å². The number of carbonyl (C=O) groups is 1. The number of rotatable bonds is 8. The molecule has 2 aromatic carbocycles. The maximum atomic E-state index is 13.5. The highest BCUT2D eigenvalue weighted by Crippen LogP contribution is 2.13. The van der Waals surface area contributed by atoms with Crippen LogP contribution in [0.2, 0.25) is 5.02 Å². The van der Waals surface area contributed by atoms with Gasteiger partial charge in [0.25, 0.3) is 0 Å². The minimum absolute atomic E-state index is 0.0662. The predicted molar refractivity (Wildman–Crippen MR) is 99.8 cm³/mol. The number of hydrogen-bond acceptors (Lipinski definition) is 3. The molecule has 0 bridgehead atoms. The Balaban J connectivity index is 1.92. The van der Waals surface area contributed by atoms with Crippen molar-refractivity contribution >= 4 is 27.5 Å². The number of nitrogens with zero attached hydrogens (tertiary/aromatic N) is 1. The number of sulfonamides is 1. The predicted octanol–water partition coefficient (Wildman–Crippen LogP) is 2.60. The quantitative estimate of drug-likeness (QED) is 0.743. The first-order valence-corrected chi connectivity index (χ1v) is 10.2. The molecule has 0 aliphatic carbocycles. The zero-order valence-corrected chi connectivity index (χ0v) is 15.9. The minimum Gasteiger partial charge on any atom is -0.355 e. The summed E-state index contributed by atoms with van der Waals surface area (Å²) in [5.41, 5.74) is 1.22. The Morgan fingerprint density at radius 2 is 1.81 bits per heavy atom. The third kappa shape index (κ3) is 6.40. The standard InChI is InChI=1S/C18H20ClFN2O3S/c1-26(24,25)22(12-14-6-8-16(19)9-7-14)13-18(23)21-11-10-15-4-2-3-5-17(15)20/h2-9H,10-13H2,1H3,(H,21,23). The van der Waals surface area contributed by atoms with Crippen LogP contribution in [0.5, 0.6) is 0 Å². The van der Waals surface area contributed by atoms with Gasteiger partial charge in [0.15, 0.2) is 0 Å². The van der Waals surface area contributed by atoms with E-state index in [1.165, 1.54) is 6.07 Å². The van der Waals surface area contributed by atoms with Crippen molar-refractivity contribution in [3.8, 4) is 0 Å². The Morgan fingerprint density at radius 1 is 1.15 bits per heavy atom. The molecule has 0 heterocycles. The number of halogens is 2. The molecule has 8 heteroatoms. The molecule has 1 N–H and O–H groups in total. The number of benzene rings is 2. The van der Waals surface area contributed by atoms with Crippen LogP contribution in [-0.4, -0.2) is 38.0 Å². The van der Waals surface area contributed by atoms with Crippen LogP contribution in [0.25, 0.3) is 0 Å². The van der Waals surface area contributed by atoms with Crippen molar-refractivity contribution in [2.45, 2.75) is 13.0 Å². The largest absolute Gasteiger partial charge is 0.355 e. The SMILES string of the molecule is CS(=O)(=O)N(CC(=O)NCCc1ccccc1F)Cc1ccc(Cl)cc1. The van der Waals surface area contributed by atoms with E-state index >= 15 is 0 Å². The number of amides is 1. The lowest BCUT2D eigenvalue weighted by Crippen LogP contribution is -2.40. The third-order valence-corrected chi connectivity index (χ3v) is 5.18. The Hall–Kier alpha value is -1.96. The van der Waals surface area contributed by atoms with E-state index in [0.717, 1.165) is 16.1 Å². The molecule has 26 heavy (non-hydrogen) atoms. The Morgan fingerprint density at radius 3 is 2.42 bits per heavy atom. The van der Waals surface area contributed by atoms with Crippen molar-refractivity contribution in [1.29, 1.82) is 0 Å². The molecule has 0 aromatic heterocycles. The van der Waals surface area contributed by atoms with Crippen LogP contribution >= 0.6 is 11.6 Å². The molecule has 0 saturated heterocycles. The molecule has 1 amide bonds. The molecule has 0 saturated carbocycles. The molecule has 2 rings (SSSR count). The van der Waals surface area contributed by atoms with Crippen molar-refractivity contribution in [3.63, 3.8) is 0 Å². The van der Waals surface area contributed by atoms with Gasteiger partial charge in [0.2, 0.25) is 15.9 Å². The van der Waals surface area contributed by atoms with Crippen LogP contribution in [0.4, 0.5) is 4.39 Å². The van der Waals surface area contributed by atoms with Gasteiger partial charge in [0.05, 0.1) is 12.8 Å². The lowest BCUT2D eigenvalue weighted by atomic mass is 10.1. The molecule has 0 radical (unpaired) electrons. The maximum absolute atomic E-state index is 13.5. The molecule has 140 valence electrons. The van der Waals surface area contributed by atoms with Gasteiger partial charge >= 0.3 is 0 Å². The highest BCUT2D eigenvalue weighted by atomic mass is 35.5. The molecule has 2 aromatic rings. The number of nitrogens with one attached hydrogen (secondary N) is 1. The summed E-state index contributed by atoms with van der Waals surface area (Å²) in [4.78, 5) is 12.1. The summed E-state index contributed by atoms with van der Waals surface area (Å²) in [5.74, 6) is -0.775. The number of hydrogen-bond donors (Lipinski definition) is 1. The topological polar surface area (TPSA) is 66.5 Å². The van der Waals surface area contributed by atoms with E-state index in [0.29, 0.717) is 17.0 Å². The first-order valence-electron chi connectivity index (χ1n) is 7.95. The second-order valence-corrected chi connectivity index (χ2v) is 8.27. The van der Waals surface area contributed by atoms with Gasteiger partial charge in [-0.15, -0.1) is 0 Å². The molecule has 0 atom stereocenters. The van der Waals surface area contributed by atoms with Gasteiger partial charge in [0, 0.05) is 18.1 Å². The summed E-state index contributed by atoms with van der Waals surface area (Å²) in [6, 6.07) is 13.0. The van der Waals surface area contributed by atoms with Gasteiger partial charge in [-0.1, -0.05) is 41.9 Å². The van der Waals surface area contributed by atoms with E-state index in [9.17, 15) is 17.6 Å². The van der Waals surface area contributed by atoms with Crippen molar-refractivity contribution in [1.82, 2.24) is 9.62 Å². The molecular weight excluding hydrogens is 379 g/mol. The highest BCUT2D eigenvalue weighted by Gasteiger charge is 2.20. The maximum Gasteiger partial charge on any atom is 0.235 e. The minimum atomic E-state index is -3.57. The van der Waals surface area contributed by atoms with Crippen LogP contribution in [0.1, 0.15) is 11.1 Å². The summed E-state index contributed by atoms with van der Waals surface area (Å²) in [7, 11) is -3.57. The zero-order chi connectivity index (χ0) is 19.2. The van der Waals surface area contributed by atoms with Crippen LogP contribution in [0.3, 0.4) is 0 Å². The molecule has 5 nitrogen and oxygen atoms in total. The fourth-order valence-corrected chi connectivity index (χ4v) is 3.20. The van der Waals surface area contributed by atoms with E-state index in [1.54, 1.807) is 42.5 Å². The van der Waals surface area contributed by atoms with E-state index in [2.05, 4.69) is 5.32 Å². The fourth-order valence-electron chi connectivity index (χ4n) is 2.34. The van der Waals surface area contributed by atoms with Gasteiger partial charge in [-0.25, -0.2) is 12.8 Å². The summed E-state index contributed by atoms with van der Waals surface area (Å²) >= 11 is 5.82. The van der Waals surface area contributed by atoms with Crippen LogP contribution in [-0.2, 0) is 27.8 Å². The molecule has 0 spiro atoms. The first kappa shape index (κ1) is 20.4. The number of carbonyl (C=O) groups excluding carboxylic acids is 1. The van der Waals surface area contributed by atoms with Crippen LogP contribution < -0.4 is 5.32 Å². The highest BCUT2D eigenvalue weighted by molar-refractivity contribution is 7.88. The van der Waals surface area contributed by atoms with Crippen LogP contribution in [0, 0.1) is 5.82 Å². The average Bonchev–Trinajstić information content (AvgIpc) is 2.57. The van der Waals surface area contributed by atoms with Gasteiger partial charge in [0.1, 0.15) is 5.82 Å². The van der Waals surface area contributed by atoms with Crippen molar-refractivity contribution in [2.75, 3.05) is 19.3 Å². The molecule has 0 unspecified atom stereocenters. The first-order chi connectivity index (χ1) is 12.3. The molecular formula is C18H20ClFN2O3S. The average molecular weight is 399 g/mol. The summed E-state index contributed by atoms with van der Waals surface area (Å²) in [6.07, 6.45) is 1.38. The van der Waals surface area contributed by atoms with E-state index in [4.69, 9.17) is 11.6 Å². The Labute approximate surface area is 157 Å². The van der Waals surface area contributed by atoms with Crippen molar-refractivity contribution in [3.05, 3.63) is 70.5 Å². The van der Waals surface area contributed by atoms with E-state index < -0.39 is 15.9 Å². The summed E-state index contributed by atoms with van der Waals surface area (Å²) in [5, 5.41) is 3.17. The van der Waals surface area contributed by atoms with Crippen molar-refractivity contribution < 1.29 is 17.6 Å². The zero-order valence-electron chi connectivity index (χ0n) is 14.3. The normalized spacial score (nSPS) is 11.5. The smallest absolute Gasteiger partial charge is 0.235 e. The van der Waals surface area contributed by atoms with Gasteiger partial charge in [-0.3, -0.25) is 4.79 Å². The second kappa shape index (κ2) is 9.12. The fraction of sp³-hybridized carbons (Fsp3) is 0.278. The molecule has 0 aliphatic heterocycles. The lowest BCUT2D eigenvalue weighted by Gasteiger charge is -2.19. The third-order valence-electron chi connectivity index (χ3n) is 3.74. The van der Waals surface area contributed by atoms with Gasteiger partial charge < -0.3 is 5.32 Å². The molecule has 0 fully saturated rings. The van der Waals surface area contributed by atoms with Gasteiger partial charge in [-0.2, -0.15) is 4.31 Å². The Bertz CT molecular complexity index is 857. The van der Waals surface area contributed by atoms with Crippen molar-refractivity contribution in [2.24, 2.45) is 0 Å². The summed E-state index contributed by atoms with van der Waals surface area (Å²) < 4.78 is 38.5. The Kier molecular flexibility index (Phi) is 7.14. The lowest BCUT2D eigenvalue weighted by molar-refractivity contribution is -0.121. The van der Waals surface area contributed by atoms with Crippen LogP contribution in [0.15, 0.2) is 48.5 Å².